The van der Waals surface area contributed by atoms with Gasteiger partial charge in [0.2, 0.25) is 0 Å². The first-order chi connectivity index (χ1) is 13.5. The Morgan fingerprint density at radius 2 is 2.00 bits per heavy atom. The molecule has 2 aromatic carbocycles. The van der Waals surface area contributed by atoms with Gasteiger partial charge in [-0.15, -0.1) is 0 Å². The number of ether oxygens (including phenoxy) is 2. The van der Waals surface area contributed by atoms with Crippen LogP contribution in [-0.2, 0) is 0 Å². The number of halogens is 1. The molecule has 3 aromatic rings. The van der Waals surface area contributed by atoms with E-state index in [4.69, 9.17) is 14.5 Å². The molecule has 0 amide bonds. The van der Waals surface area contributed by atoms with E-state index >= 15 is 0 Å². The van der Waals surface area contributed by atoms with E-state index in [-0.39, 0.29) is 11.5 Å². The topological polar surface area (TPSA) is 65.7 Å². The minimum absolute atomic E-state index is 0.0793. The number of fused-ring (bicyclic) bond motifs is 1. The zero-order valence-electron chi connectivity index (χ0n) is 16.3. The third-order valence-electron chi connectivity index (χ3n) is 4.64. The third-order valence-corrected chi connectivity index (χ3v) is 5.13. The Balaban J connectivity index is 2.17. The van der Waals surface area contributed by atoms with Gasteiger partial charge in [-0.3, -0.25) is 4.79 Å². The molecule has 0 unspecified atom stereocenters. The highest BCUT2D eigenvalue weighted by molar-refractivity contribution is 9.10. The Bertz CT molecular complexity index is 1090. The summed E-state index contributed by atoms with van der Waals surface area (Å²) in [6, 6.07) is 10.9. The fraction of sp³-hybridized carbons (Fsp3) is 0.286. The first-order valence-corrected chi connectivity index (χ1v) is 9.76. The van der Waals surface area contributed by atoms with Crippen molar-refractivity contribution in [3.8, 4) is 11.5 Å². The van der Waals surface area contributed by atoms with Crippen molar-refractivity contribution in [1.82, 2.24) is 9.66 Å². The van der Waals surface area contributed by atoms with Crippen LogP contribution in [-0.4, -0.2) is 30.1 Å². The number of nitrogens with zero attached hydrogens (tertiary/aromatic N) is 3. The van der Waals surface area contributed by atoms with Gasteiger partial charge in [0.25, 0.3) is 5.56 Å². The van der Waals surface area contributed by atoms with E-state index in [0.717, 1.165) is 16.5 Å². The molecule has 3 rings (SSSR count). The maximum Gasteiger partial charge on any atom is 0.282 e. The lowest BCUT2D eigenvalue weighted by molar-refractivity contribution is 0.394. The smallest absolute Gasteiger partial charge is 0.282 e. The summed E-state index contributed by atoms with van der Waals surface area (Å²) in [5, 5.41) is 4.98. The second kappa shape index (κ2) is 8.56. The molecule has 0 spiro atoms. The van der Waals surface area contributed by atoms with E-state index in [1.54, 1.807) is 32.6 Å². The molecule has 0 saturated carbocycles. The normalized spacial score (nSPS) is 12.5. The van der Waals surface area contributed by atoms with E-state index in [9.17, 15) is 4.79 Å². The molecule has 0 aliphatic heterocycles. The summed E-state index contributed by atoms with van der Waals surface area (Å²) in [4.78, 5) is 17.8. The van der Waals surface area contributed by atoms with Crippen molar-refractivity contribution in [1.29, 1.82) is 0 Å². The van der Waals surface area contributed by atoms with Crippen molar-refractivity contribution in [3.63, 3.8) is 0 Å². The third kappa shape index (κ3) is 3.94. The molecule has 0 aliphatic rings. The Labute approximate surface area is 171 Å². The highest BCUT2D eigenvalue weighted by Gasteiger charge is 2.15. The quantitative estimate of drug-likeness (QED) is 0.523. The van der Waals surface area contributed by atoms with E-state index in [1.807, 2.05) is 31.2 Å². The highest BCUT2D eigenvalue weighted by Crippen LogP contribution is 2.24. The first kappa shape index (κ1) is 20.1. The van der Waals surface area contributed by atoms with Crippen LogP contribution in [0.2, 0.25) is 0 Å². The van der Waals surface area contributed by atoms with Crippen LogP contribution in [0.4, 0.5) is 0 Å². The minimum Gasteiger partial charge on any atom is -0.497 e. The summed E-state index contributed by atoms with van der Waals surface area (Å²) in [5.41, 5.74) is 1.20. The lowest BCUT2D eigenvalue weighted by Gasteiger charge is -2.14. The second-order valence-electron chi connectivity index (χ2n) is 6.41. The van der Waals surface area contributed by atoms with Crippen molar-refractivity contribution >= 4 is 33.0 Å². The Morgan fingerprint density at radius 1 is 1.21 bits per heavy atom. The van der Waals surface area contributed by atoms with Gasteiger partial charge in [-0.2, -0.15) is 9.78 Å². The van der Waals surface area contributed by atoms with E-state index in [1.165, 1.54) is 4.68 Å². The van der Waals surface area contributed by atoms with Crippen molar-refractivity contribution in [2.24, 2.45) is 5.10 Å². The van der Waals surface area contributed by atoms with Gasteiger partial charge in [0.15, 0.2) is 0 Å². The molecule has 146 valence electrons. The molecule has 0 fully saturated rings. The van der Waals surface area contributed by atoms with Crippen molar-refractivity contribution in [2.75, 3.05) is 14.2 Å². The maximum absolute atomic E-state index is 13.1. The van der Waals surface area contributed by atoms with Gasteiger partial charge in [-0.05, 0) is 36.8 Å². The van der Waals surface area contributed by atoms with Crippen LogP contribution in [0.5, 0.6) is 11.5 Å². The Morgan fingerprint density at radius 3 is 2.68 bits per heavy atom. The summed E-state index contributed by atoms with van der Waals surface area (Å²) < 4.78 is 12.8. The molecule has 0 radical (unpaired) electrons. The summed E-state index contributed by atoms with van der Waals surface area (Å²) in [6.45, 7) is 4.09. The minimum atomic E-state index is -0.203. The zero-order valence-corrected chi connectivity index (χ0v) is 17.9. The number of benzene rings is 2. The van der Waals surface area contributed by atoms with Crippen LogP contribution in [0.25, 0.3) is 10.9 Å². The zero-order chi connectivity index (χ0) is 20.3. The molecule has 7 heteroatoms. The second-order valence-corrected chi connectivity index (χ2v) is 7.33. The maximum atomic E-state index is 13.1. The average Bonchev–Trinajstić information content (AvgIpc) is 2.72. The number of methoxy groups -OCH3 is 2. The molecule has 1 heterocycles. The summed E-state index contributed by atoms with van der Waals surface area (Å²) >= 11 is 3.42. The van der Waals surface area contributed by atoms with Gasteiger partial charge in [0.05, 0.1) is 31.3 Å². The standard InChI is InChI=1S/C21H22BrN3O3/c1-5-13(2)20-24-18-9-7-15(22)10-17(18)21(26)25(20)23-12-14-6-8-16(27-3)11-19(14)28-4/h6-13H,5H2,1-4H3/t13-/m1/s1. The Kier molecular flexibility index (Phi) is 6.14. The van der Waals surface area contributed by atoms with E-state index in [2.05, 4.69) is 28.0 Å². The van der Waals surface area contributed by atoms with Gasteiger partial charge >= 0.3 is 0 Å². The monoisotopic (exact) mass is 443 g/mol. The number of hydrogen-bond donors (Lipinski definition) is 0. The molecule has 28 heavy (non-hydrogen) atoms. The van der Waals surface area contributed by atoms with Crippen LogP contribution in [0, 0.1) is 0 Å². The summed E-state index contributed by atoms with van der Waals surface area (Å²) in [5.74, 6) is 2.00. The summed E-state index contributed by atoms with van der Waals surface area (Å²) in [7, 11) is 3.18. The van der Waals surface area contributed by atoms with Crippen molar-refractivity contribution in [2.45, 2.75) is 26.2 Å². The molecule has 1 aromatic heterocycles. The van der Waals surface area contributed by atoms with Gasteiger partial charge in [-0.25, -0.2) is 4.98 Å². The molecule has 6 nitrogen and oxygen atoms in total. The fourth-order valence-corrected chi connectivity index (χ4v) is 3.19. The lowest BCUT2D eigenvalue weighted by atomic mass is 10.1. The van der Waals surface area contributed by atoms with Crippen LogP contribution in [0.3, 0.4) is 0 Å². The SMILES string of the molecule is CC[C@@H](C)c1nc2ccc(Br)cc2c(=O)n1N=Cc1ccc(OC)cc1OC. The predicted molar refractivity (Wildman–Crippen MR) is 115 cm³/mol. The van der Waals surface area contributed by atoms with Crippen LogP contribution in [0.15, 0.2) is 50.8 Å². The van der Waals surface area contributed by atoms with Gasteiger partial charge in [-0.1, -0.05) is 29.8 Å². The molecule has 0 bridgehead atoms. The largest absolute Gasteiger partial charge is 0.497 e. The molecular formula is C21H22BrN3O3. The van der Waals surface area contributed by atoms with Gasteiger partial charge in [0.1, 0.15) is 17.3 Å². The molecule has 1 atom stereocenters. The molecule has 0 N–H and O–H groups in total. The molecule has 0 aliphatic carbocycles. The lowest BCUT2D eigenvalue weighted by Crippen LogP contribution is -2.23. The van der Waals surface area contributed by atoms with Gasteiger partial charge in [0, 0.05) is 22.0 Å². The van der Waals surface area contributed by atoms with Crippen molar-refractivity contribution < 1.29 is 9.47 Å². The predicted octanol–water partition coefficient (Wildman–Crippen LogP) is 4.57. The molecule has 0 saturated heterocycles. The van der Waals surface area contributed by atoms with Crippen LogP contribution < -0.4 is 15.0 Å². The van der Waals surface area contributed by atoms with E-state index < -0.39 is 0 Å². The number of aromatic nitrogens is 2. The van der Waals surface area contributed by atoms with Crippen molar-refractivity contribution in [3.05, 3.63) is 62.6 Å². The average molecular weight is 444 g/mol. The highest BCUT2D eigenvalue weighted by atomic mass is 79.9. The summed E-state index contributed by atoms with van der Waals surface area (Å²) in [6.07, 6.45) is 2.45. The Hall–Kier alpha value is -2.67. The first-order valence-electron chi connectivity index (χ1n) is 8.97. The van der Waals surface area contributed by atoms with Gasteiger partial charge < -0.3 is 9.47 Å². The van der Waals surface area contributed by atoms with E-state index in [0.29, 0.717) is 28.2 Å². The number of hydrogen-bond acceptors (Lipinski definition) is 5. The van der Waals surface area contributed by atoms with Crippen LogP contribution >= 0.6 is 15.9 Å². The fourth-order valence-electron chi connectivity index (χ4n) is 2.82. The molecular weight excluding hydrogens is 422 g/mol. The van der Waals surface area contributed by atoms with Crippen LogP contribution in [0.1, 0.15) is 37.6 Å². The number of rotatable bonds is 6.